The van der Waals surface area contributed by atoms with Gasteiger partial charge in [-0.25, -0.2) is 14.2 Å². The van der Waals surface area contributed by atoms with Gasteiger partial charge in [-0.1, -0.05) is 30.3 Å². The van der Waals surface area contributed by atoms with Crippen molar-refractivity contribution in [1.29, 1.82) is 0 Å². The number of rotatable bonds is 4. The molecule has 120 valence electrons. The summed E-state index contributed by atoms with van der Waals surface area (Å²) in [6.07, 6.45) is 4.71. The summed E-state index contributed by atoms with van der Waals surface area (Å²) in [5.41, 5.74) is 1.25. The normalized spacial score (nSPS) is 15.7. The van der Waals surface area contributed by atoms with Gasteiger partial charge in [-0.2, -0.15) is 0 Å². The molecular weight excluding hydrogens is 309 g/mol. The topological polar surface area (TPSA) is 47.9 Å². The van der Waals surface area contributed by atoms with Crippen LogP contribution in [0.5, 0.6) is 5.75 Å². The molecule has 0 saturated heterocycles. The molecule has 0 unspecified atom stereocenters. The van der Waals surface area contributed by atoms with Crippen LogP contribution in [0.2, 0.25) is 0 Å². The minimum atomic E-state index is -0.604. The van der Waals surface area contributed by atoms with Crippen LogP contribution in [0.25, 0.3) is 12.2 Å². The van der Waals surface area contributed by atoms with Crippen molar-refractivity contribution in [2.45, 2.75) is 0 Å². The lowest BCUT2D eigenvalue weighted by molar-refractivity contribution is -0.129. The second-order valence-corrected chi connectivity index (χ2v) is 5.00. The third kappa shape index (κ3) is 3.57. The smallest absolute Gasteiger partial charge is 0.363 e. The first kappa shape index (κ1) is 15.7. The molecule has 0 radical (unpaired) electrons. The minimum absolute atomic E-state index is 0.0643. The zero-order chi connectivity index (χ0) is 16.9. The van der Waals surface area contributed by atoms with Gasteiger partial charge in [0.15, 0.2) is 5.70 Å². The molecule has 0 aliphatic carbocycles. The third-order valence-corrected chi connectivity index (χ3v) is 3.37. The van der Waals surface area contributed by atoms with Crippen LogP contribution in [-0.2, 0) is 9.53 Å². The number of hydrogen-bond acceptors (Lipinski definition) is 4. The summed E-state index contributed by atoms with van der Waals surface area (Å²) in [5.74, 6) is -0.104. The number of cyclic esters (lactones) is 1. The highest BCUT2D eigenvalue weighted by Gasteiger charge is 2.21. The van der Waals surface area contributed by atoms with E-state index in [2.05, 4.69) is 4.99 Å². The monoisotopic (exact) mass is 323 g/mol. The number of carbonyl (C=O) groups is 1. The van der Waals surface area contributed by atoms with Crippen LogP contribution in [0.15, 0.2) is 65.3 Å². The highest BCUT2D eigenvalue weighted by molar-refractivity contribution is 6.11. The van der Waals surface area contributed by atoms with E-state index in [4.69, 9.17) is 9.47 Å². The van der Waals surface area contributed by atoms with E-state index in [1.54, 1.807) is 37.5 Å². The molecule has 0 saturated carbocycles. The van der Waals surface area contributed by atoms with E-state index >= 15 is 0 Å². The summed E-state index contributed by atoms with van der Waals surface area (Å²) in [6, 6.07) is 13.5. The van der Waals surface area contributed by atoms with Crippen molar-refractivity contribution < 1.29 is 18.7 Å². The number of benzene rings is 2. The number of nitrogens with zero attached hydrogens (tertiary/aromatic N) is 1. The number of carbonyl (C=O) groups excluding carboxylic acids is 1. The molecule has 2 aromatic rings. The molecule has 2 aromatic carbocycles. The van der Waals surface area contributed by atoms with Crippen molar-refractivity contribution in [1.82, 2.24) is 0 Å². The first-order valence-electron chi connectivity index (χ1n) is 7.25. The fourth-order valence-electron chi connectivity index (χ4n) is 2.12. The Kier molecular flexibility index (Phi) is 4.52. The maximum absolute atomic E-state index is 13.6. The number of hydrogen-bond donors (Lipinski definition) is 0. The van der Waals surface area contributed by atoms with Crippen LogP contribution in [0, 0.1) is 5.82 Å². The van der Waals surface area contributed by atoms with Gasteiger partial charge in [-0.05, 0) is 35.9 Å². The molecule has 0 amide bonds. The number of methoxy groups -OCH3 is 1. The lowest BCUT2D eigenvalue weighted by Gasteiger charge is -1.98. The Balaban J connectivity index is 1.78. The quantitative estimate of drug-likeness (QED) is 0.634. The number of aliphatic imine (C=N–C) groups is 1. The predicted molar refractivity (Wildman–Crippen MR) is 89.9 cm³/mol. The van der Waals surface area contributed by atoms with E-state index in [9.17, 15) is 9.18 Å². The molecule has 0 N–H and O–H groups in total. The van der Waals surface area contributed by atoms with E-state index < -0.39 is 11.8 Å². The standard InChI is InChI=1S/C19H14FNO3/c1-23-15-9-6-13(7-10-15)8-11-18-21-17(19(22)24-18)12-14-4-2-3-5-16(14)20/h2-12H,1H3/b11-8+,17-12-. The van der Waals surface area contributed by atoms with Gasteiger partial charge in [0.2, 0.25) is 5.90 Å². The van der Waals surface area contributed by atoms with Crippen molar-refractivity contribution in [3.63, 3.8) is 0 Å². The van der Waals surface area contributed by atoms with Crippen LogP contribution in [0.3, 0.4) is 0 Å². The number of ether oxygens (including phenoxy) is 2. The van der Waals surface area contributed by atoms with Crippen LogP contribution >= 0.6 is 0 Å². The molecule has 4 nitrogen and oxygen atoms in total. The Morgan fingerprint density at radius 3 is 2.54 bits per heavy atom. The molecule has 0 bridgehead atoms. The molecular formula is C19H14FNO3. The minimum Gasteiger partial charge on any atom is -0.497 e. The fourth-order valence-corrected chi connectivity index (χ4v) is 2.12. The van der Waals surface area contributed by atoms with Crippen LogP contribution in [0.4, 0.5) is 4.39 Å². The highest BCUT2D eigenvalue weighted by atomic mass is 19.1. The van der Waals surface area contributed by atoms with Crippen molar-refractivity contribution in [2.24, 2.45) is 4.99 Å². The largest absolute Gasteiger partial charge is 0.497 e. The molecule has 0 spiro atoms. The Bertz CT molecular complexity index is 851. The van der Waals surface area contributed by atoms with E-state index in [1.807, 2.05) is 24.3 Å². The Labute approximate surface area is 138 Å². The van der Waals surface area contributed by atoms with Crippen molar-refractivity contribution in [3.05, 3.63) is 77.2 Å². The molecule has 1 aliphatic rings. The first-order chi connectivity index (χ1) is 11.7. The van der Waals surface area contributed by atoms with E-state index in [0.717, 1.165) is 11.3 Å². The summed E-state index contributed by atoms with van der Waals surface area (Å²) < 4.78 is 23.8. The molecule has 1 aliphatic heterocycles. The summed E-state index contributed by atoms with van der Waals surface area (Å²) in [5, 5.41) is 0. The van der Waals surface area contributed by atoms with Crippen molar-refractivity contribution in [3.8, 4) is 5.75 Å². The predicted octanol–water partition coefficient (Wildman–Crippen LogP) is 3.84. The second kappa shape index (κ2) is 6.91. The molecule has 1 heterocycles. The van der Waals surface area contributed by atoms with Crippen molar-refractivity contribution in [2.75, 3.05) is 7.11 Å². The Morgan fingerprint density at radius 2 is 1.83 bits per heavy atom. The van der Waals surface area contributed by atoms with E-state index in [-0.39, 0.29) is 17.2 Å². The lowest BCUT2D eigenvalue weighted by atomic mass is 10.2. The van der Waals surface area contributed by atoms with Gasteiger partial charge < -0.3 is 9.47 Å². The maximum Gasteiger partial charge on any atom is 0.363 e. The van der Waals surface area contributed by atoms with Crippen LogP contribution in [0.1, 0.15) is 11.1 Å². The molecule has 0 fully saturated rings. The van der Waals surface area contributed by atoms with Crippen LogP contribution < -0.4 is 4.74 Å². The molecule has 5 heteroatoms. The zero-order valence-corrected chi connectivity index (χ0v) is 12.9. The summed E-state index contributed by atoms with van der Waals surface area (Å²) in [4.78, 5) is 15.9. The number of esters is 1. The van der Waals surface area contributed by atoms with Gasteiger partial charge >= 0.3 is 5.97 Å². The second-order valence-electron chi connectivity index (χ2n) is 5.00. The maximum atomic E-state index is 13.6. The summed E-state index contributed by atoms with van der Waals surface area (Å²) >= 11 is 0. The average Bonchev–Trinajstić information content (AvgIpc) is 2.95. The van der Waals surface area contributed by atoms with E-state index in [1.165, 1.54) is 12.1 Å². The summed E-state index contributed by atoms with van der Waals surface area (Å²) in [6.45, 7) is 0. The molecule has 0 aromatic heterocycles. The van der Waals surface area contributed by atoms with Gasteiger partial charge in [0.1, 0.15) is 11.6 Å². The lowest BCUT2D eigenvalue weighted by Crippen LogP contribution is -2.01. The molecule has 0 atom stereocenters. The van der Waals surface area contributed by atoms with Gasteiger partial charge in [-0.15, -0.1) is 0 Å². The van der Waals surface area contributed by atoms with Gasteiger partial charge in [0.25, 0.3) is 0 Å². The summed E-state index contributed by atoms with van der Waals surface area (Å²) in [7, 11) is 1.60. The molecule has 3 rings (SSSR count). The highest BCUT2D eigenvalue weighted by Crippen LogP contribution is 2.18. The average molecular weight is 323 g/mol. The third-order valence-electron chi connectivity index (χ3n) is 3.37. The Hall–Kier alpha value is -3.21. The first-order valence-corrected chi connectivity index (χ1v) is 7.25. The van der Waals surface area contributed by atoms with E-state index in [0.29, 0.717) is 0 Å². The van der Waals surface area contributed by atoms with Crippen LogP contribution in [-0.4, -0.2) is 19.0 Å². The van der Waals surface area contributed by atoms with Crippen molar-refractivity contribution >= 4 is 24.0 Å². The van der Waals surface area contributed by atoms with Gasteiger partial charge in [0, 0.05) is 11.6 Å². The zero-order valence-electron chi connectivity index (χ0n) is 12.9. The van der Waals surface area contributed by atoms with Gasteiger partial charge in [0.05, 0.1) is 7.11 Å². The number of halogens is 1. The van der Waals surface area contributed by atoms with Gasteiger partial charge in [-0.3, -0.25) is 0 Å². The SMILES string of the molecule is COc1ccc(/C=C/C2=NC(=C\c3ccccc3F)/C(=O)O2)cc1. The fraction of sp³-hybridized carbons (Fsp3) is 0.0526. The molecule has 24 heavy (non-hydrogen) atoms. The Morgan fingerprint density at radius 1 is 1.08 bits per heavy atom.